The smallest absolute Gasteiger partial charge is 0.305 e. The number of aliphatic hydroxyl groups is 2. The van der Waals surface area contributed by atoms with Gasteiger partial charge < -0.3 is 15.3 Å². The summed E-state index contributed by atoms with van der Waals surface area (Å²) in [6.45, 7) is 0. The monoisotopic (exact) mass is 437 g/mol. The Kier molecular flexibility index (Phi) is 7.38. The summed E-state index contributed by atoms with van der Waals surface area (Å²) in [7, 11) is 0. The molecule has 2 aromatic carbocycles. The first-order valence-electron chi connectivity index (χ1n) is 10.4. The number of pyridine rings is 1. The zero-order chi connectivity index (χ0) is 22.0. The summed E-state index contributed by atoms with van der Waals surface area (Å²) in [6, 6.07) is 14.1. The number of aliphatic carboxylic acids is 1. The summed E-state index contributed by atoms with van der Waals surface area (Å²) in [4.78, 5) is 15.6. The van der Waals surface area contributed by atoms with E-state index in [0.29, 0.717) is 5.92 Å². The van der Waals surface area contributed by atoms with E-state index in [2.05, 4.69) is 0 Å². The first-order chi connectivity index (χ1) is 14.9. The average molecular weight is 438 g/mol. The van der Waals surface area contributed by atoms with Crippen LogP contribution in [0.4, 0.5) is 4.39 Å². The highest BCUT2D eigenvalue weighted by Crippen LogP contribution is 2.45. The van der Waals surface area contributed by atoms with Crippen LogP contribution in [-0.2, 0) is 4.79 Å². The predicted molar refractivity (Wildman–Crippen MR) is 124 cm³/mol. The molecule has 0 amide bonds. The SMILES string of the molecule is C.O=C(O)C[C@@H](O)C[C@H](O)/C=C/c1c(C2CC2)nc2ccccc2c1-c1ccc(F)cc1. The van der Waals surface area contributed by atoms with Crippen molar-refractivity contribution < 1.29 is 24.5 Å². The van der Waals surface area contributed by atoms with Gasteiger partial charge in [0, 0.05) is 28.9 Å². The molecule has 1 fully saturated rings. The van der Waals surface area contributed by atoms with E-state index in [1.54, 1.807) is 24.3 Å². The predicted octanol–water partition coefficient (Wildman–Crippen LogP) is 5.15. The lowest BCUT2D eigenvalue weighted by molar-refractivity contribution is -0.139. The van der Waals surface area contributed by atoms with Crippen molar-refractivity contribution in [3.05, 3.63) is 71.7 Å². The minimum absolute atomic E-state index is 0. The first-order valence-corrected chi connectivity index (χ1v) is 10.4. The van der Waals surface area contributed by atoms with Crippen molar-refractivity contribution in [3.8, 4) is 11.1 Å². The number of carbonyl (C=O) groups is 1. The number of fused-ring (bicyclic) bond motifs is 1. The summed E-state index contributed by atoms with van der Waals surface area (Å²) < 4.78 is 13.6. The molecule has 1 heterocycles. The van der Waals surface area contributed by atoms with Gasteiger partial charge in [-0.2, -0.15) is 0 Å². The van der Waals surface area contributed by atoms with Crippen LogP contribution in [0.2, 0.25) is 0 Å². The Labute approximate surface area is 186 Å². The van der Waals surface area contributed by atoms with Crippen molar-refractivity contribution >= 4 is 22.9 Å². The largest absolute Gasteiger partial charge is 0.481 e. The van der Waals surface area contributed by atoms with E-state index in [-0.39, 0.29) is 19.7 Å². The van der Waals surface area contributed by atoms with Crippen molar-refractivity contribution in [1.82, 2.24) is 4.98 Å². The fourth-order valence-corrected chi connectivity index (χ4v) is 3.86. The number of halogens is 1. The fourth-order valence-electron chi connectivity index (χ4n) is 3.86. The van der Waals surface area contributed by atoms with E-state index < -0.39 is 24.6 Å². The fraction of sp³-hybridized carbons (Fsp3) is 0.308. The zero-order valence-corrected chi connectivity index (χ0v) is 16.9. The number of aromatic nitrogens is 1. The van der Waals surface area contributed by atoms with Gasteiger partial charge in [-0.15, -0.1) is 0 Å². The van der Waals surface area contributed by atoms with E-state index in [1.165, 1.54) is 12.1 Å². The first kappa shape index (κ1) is 23.6. The van der Waals surface area contributed by atoms with Gasteiger partial charge in [-0.1, -0.05) is 49.9 Å². The Morgan fingerprint density at radius 1 is 1.12 bits per heavy atom. The number of carboxylic acids is 1. The average Bonchev–Trinajstić information content (AvgIpc) is 3.56. The lowest BCUT2D eigenvalue weighted by Crippen LogP contribution is -2.19. The van der Waals surface area contributed by atoms with Crippen LogP contribution in [0, 0.1) is 5.82 Å². The molecule has 168 valence electrons. The lowest BCUT2D eigenvalue weighted by atomic mass is 9.92. The third-order valence-electron chi connectivity index (χ3n) is 5.47. The Balaban J connectivity index is 0.00000289. The van der Waals surface area contributed by atoms with Gasteiger partial charge in [0.15, 0.2) is 0 Å². The number of hydrogen-bond acceptors (Lipinski definition) is 4. The van der Waals surface area contributed by atoms with Crippen molar-refractivity contribution in [2.75, 3.05) is 0 Å². The number of nitrogens with zero attached hydrogens (tertiary/aromatic N) is 1. The van der Waals surface area contributed by atoms with Crippen LogP contribution in [0.25, 0.3) is 28.1 Å². The van der Waals surface area contributed by atoms with Crippen LogP contribution >= 0.6 is 0 Å². The van der Waals surface area contributed by atoms with Gasteiger partial charge in [-0.25, -0.2) is 4.39 Å². The van der Waals surface area contributed by atoms with Crippen LogP contribution in [0.5, 0.6) is 0 Å². The number of rotatable bonds is 8. The second-order valence-corrected chi connectivity index (χ2v) is 8.00. The standard InChI is InChI=1S/C25H24FNO4.CH4/c26-17-9-7-15(8-10-17)24-20-3-1-2-4-22(20)27-25(16-5-6-16)21(24)12-11-18(28)13-19(29)14-23(30)31;/h1-4,7-12,16,18-19,28-29H,5-6,13-14H2,(H,30,31);1H4/b12-11+;/t18-,19+;/m1./s1. The second-order valence-electron chi connectivity index (χ2n) is 8.00. The summed E-state index contributed by atoms with van der Waals surface area (Å²) in [5.74, 6) is -1.10. The molecule has 0 saturated heterocycles. The van der Waals surface area contributed by atoms with Crippen molar-refractivity contribution in [1.29, 1.82) is 0 Å². The van der Waals surface area contributed by atoms with E-state index in [1.807, 2.05) is 24.3 Å². The van der Waals surface area contributed by atoms with Crippen LogP contribution in [0.15, 0.2) is 54.6 Å². The molecule has 2 atom stereocenters. The number of para-hydroxylation sites is 1. The summed E-state index contributed by atoms with van der Waals surface area (Å²) in [5.41, 5.74) is 4.43. The van der Waals surface area contributed by atoms with Crippen LogP contribution in [0.1, 0.15) is 50.3 Å². The number of hydrogen-bond donors (Lipinski definition) is 3. The van der Waals surface area contributed by atoms with Gasteiger partial charge in [0.1, 0.15) is 5.82 Å². The maximum absolute atomic E-state index is 13.6. The normalized spacial score (nSPS) is 15.5. The van der Waals surface area contributed by atoms with Crippen LogP contribution < -0.4 is 0 Å². The molecule has 32 heavy (non-hydrogen) atoms. The minimum Gasteiger partial charge on any atom is -0.481 e. The zero-order valence-electron chi connectivity index (χ0n) is 16.9. The Bertz CT molecular complexity index is 1120. The summed E-state index contributed by atoms with van der Waals surface area (Å²) in [5, 5.41) is 29.9. The molecule has 1 aliphatic rings. The van der Waals surface area contributed by atoms with Gasteiger partial charge in [0.2, 0.25) is 0 Å². The summed E-state index contributed by atoms with van der Waals surface area (Å²) in [6.07, 6.45) is 2.80. The highest BCUT2D eigenvalue weighted by molar-refractivity contribution is 5.99. The molecule has 3 N–H and O–H groups in total. The van der Waals surface area contributed by atoms with E-state index in [0.717, 1.165) is 46.1 Å². The Hall–Kier alpha value is -3.09. The minimum atomic E-state index is -1.13. The van der Waals surface area contributed by atoms with Crippen LogP contribution in [0.3, 0.4) is 0 Å². The molecule has 0 bridgehead atoms. The lowest BCUT2D eigenvalue weighted by Gasteiger charge is -2.16. The molecular formula is C26H28FNO4. The molecule has 5 nitrogen and oxygen atoms in total. The molecule has 0 spiro atoms. The Morgan fingerprint density at radius 3 is 2.47 bits per heavy atom. The second kappa shape index (κ2) is 10.0. The molecule has 1 aliphatic carbocycles. The molecular weight excluding hydrogens is 409 g/mol. The Morgan fingerprint density at radius 2 is 1.81 bits per heavy atom. The van der Waals surface area contributed by atoms with Crippen molar-refractivity contribution in [2.24, 2.45) is 0 Å². The van der Waals surface area contributed by atoms with Gasteiger partial charge in [0.05, 0.1) is 29.8 Å². The third kappa shape index (κ3) is 5.39. The molecule has 0 radical (unpaired) electrons. The van der Waals surface area contributed by atoms with Gasteiger partial charge in [0.25, 0.3) is 0 Å². The number of carboxylic acid groups (broad SMARTS) is 1. The van der Waals surface area contributed by atoms with Gasteiger partial charge >= 0.3 is 5.97 Å². The molecule has 0 aliphatic heterocycles. The van der Waals surface area contributed by atoms with Crippen molar-refractivity contribution in [2.45, 2.75) is 51.2 Å². The van der Waals surface area contributed by atoms with Crippen molar-refractivity contribution in [3.63, 3.8) is 0 Å². The number of benzene rings is 2. The van der Waals surface area contributed by atoms with E-state index in [4.69, 9.17) is 10.1 Å². The maximum atomic E-state index is 13.6. The van der Waals surface area contributed by atoms with E-state index >= 15 is 0 Å². The topological polar surface area (TPSA) is 90.7 Å². The molecule has 4 rings (SSSR count). The third-order valence-corrected chi connectivity index (χ3v) is 5.47. The molecule has 6 heteroatoms. The van der Waals surface area contributed by atoms with Gasteiger partial charge in [-0.3, -0.25) is 9.78 Å². The molecule has 1 saturated carbocycles. The molecule has 1 aromatic heterocycles. The molecule has 3 aromatic rings. The maximum Gasteiger partial charge on any atom is 0.305 e. The highest BCUT2D eigenvalue weighted by Gasteiger charge is 2.29. The quantitative estimate of drug-likeness (QED) is 0.453. The van der Waals surface area contributed by atoms with Crippen LogP contribution in [-0.4, -0.2) is 38.5 Å². The number of aliphatic hydroxyl groups excluding tert-OH is 2. The summed E-state index contributed by atoms with van der Waals surface area (Å²) >= 11 is 0. The highest BCUT2D eigenvalue weighted by atomic mass is 19.1. The molecule has 0 unspecified atom stereocenters. The van der Waals surface area contributed by atoms with E-state index in [9.17, 15) is 19.4 Å². The van der Waals surface area contributed by atoms with Gasteiger partial charge in [-0.05, 0) is 36.6 Å².